The lowest BCUT2D eigenvalue weighted by Gasteiger charge is -2.22. The third-order valence-electron chi connectivity index (χ3n) is 4.63. The molecule has 1 saturated heterocycles. The van der Waals surface area contributed by atoms with Crippen molar-refractivity contribution in [3.05, 3.63) is 0 Å². The van der Waals surface area contributed by atoms with Crippen molar-refractivity contribution in [1.29, 1.82) is 0 Å². The lowest BCUT2D eigenvalue weighted by atomic mass is 10.1. The van der Waals surface area contributed by atoms with Gasteiger partial charge in [-0.25, -0.2) is 0 Å². The molecular formula is C21H43NO5. The molecule has 1 fully saturated rings. The monoisotopic (exact) mass is 389 g/mol. The molecule has 0 unspecified atom stereocenters. The lowest BCUT2D eigenvalue weighted by molar-refractivity contribution is -0.0280. The van der Waals surface area contributed by atoms with Crippen molar-refractivity contribution in [2.24, 2.45) is 0 Å². The minimum absolute atomic E-state index is 0.401. The Hall–Kier alpha value is -0.240. The zero-order valence-electron chi connectivity index (χ0n) is 17.6. The molecule has 0 aromatic rings. The first-order valence-corrected chi connectivity index (χ1v) is 11.1. The molecule has 1 N–H and O–H groups in total. The van der Waals surface area contributed by atoms with Gasteiger partial charge < -0.3 is 29.0 Å². The van der Waals surface area contributed by atoms with E-state index in [2.05, 4.69) is 12.2 Å². The second-order valence-corrected chi connectivity index (χ2v) is 7.04. The van der Waals surface area contributed by atoms with Gasteiger partial charge in [0.05, 0.1) is 59.0 Å². The summed E-state index contributed by atoms with van der Waals surface area (Å²) in [5.41, 5.74) is 0. The van der Waals surface area contributed by atoms with Gasteiger partial charge in [-0.05, 0) is 32.4 Å². The molecule has 0 atom stereocenters. The summed E-state index contributed by atoms with van der Waals surface area (Å²) in [5, 5.41) is 3.33. The van der Waals surface area contributed by atoms with Gasteiger partial charge in [0.15, 0.2) is 0 Å². The number of nitrogens with one attached hydrogen (secondary N) is 1. The maximum atomic E-state index is 5.77. The molecule has 162 valence electrons. The van der Waals surface area contributed by atoms with Crippen LogP contribution in [-0.4, -0.2) is 78.7 Å². The molecule has 0 amide bonds. The van der Waals surface area contributed by atoms with Crippen LogP contribution in [0.1, 0.15) is 58.3 Å². The zero-order chi connectivity index (χ0) is 19.3. The third-order valence-corrected chi connectivity index (χ3v) is 4.63. The van der Waals surface area contributed by atoms with Crippen LogP contribution in [0.3, 0.4) is 0 Å². The molecule has 6 nitrogen and oxygen atoms in total. The molecule has 6 heteroatoms. The van der Waals surface area contributed by atoms with Crippen molar-refractivity contribution in [1.82, 2.24) is 5.32 Å². The number of rotatable bonds is 20. The van der Waals surface area contributed by atoms with Crippen LogP contribution in [0.4, 0.5) is 0 Å². The van der Waals surface area contributed by atoms with Gasteiger partial charge in [0.2, 0.25) is 0 Å². The first-order valence-electron chi connectivity index (χ1n) is 11.1. The molecule has 0 radical (unpaired) electrons. The van der Waals surface area contributed by atoms with Crippen LogP contribution in [0.5, 0.6) is 0 Å². The molecule has 1 heterocycles. The van der Waals surface area contributed by atoms with Crippen LogP contribution in [0.2, 0.25) is 0 Å². The Labute approximate surface area is 166 Å². The smallest absolute Gasteiger partial charge is 0.0704 e. The van der Waals surface area contributed by atoms with Crippen LogP contribution in [0.15, 0.2) is 0 Å². The van der Waals surface area contributed by atoms with E-state index in [0.717, 1.165) is 39.0 Å². The Morgan fingerprint density at radius 3 is 1.67 bits per heavy atom. The summed E-state index contributed by atoms with van der Waals surface area (Å²) < 4.78 is 27.8. The summed E-state index contributed by atoms with van der Waals surface area (Å²) in [5.74, 6) is 0. The van der Waals surface area contributed by atoms with E-state index < -0.39 is 0 Å². The predicted molar refractivity (Wildman–Crippen MR) is 108 cm³/mol. The number of unbranched alkanes of at least 4 members (excludes halogenated alkanes) is 5. The van der Waals surface area contributed by atoms with Crippen LogP contribution in [0, 0.1) is 0 Å². The highest BCUT2D eigenvalue weighted by Crippen LogP contribution is 2.06. The fraction of sp³-hybridized carbons (Fsp3) is 1.00. The fourth-order valence-corrected chi connectivity index (χ4v) is 2.98. The van der Waals surface area contributed by atoms with Gasteiger partial charge >= 0.3 is 0 Å². The molecule has 1 rings (SSSR count). The Morgan fingerprint density at radius 1 is 0.593 bits per heavy atom. The second kappa shape index (κ2) is 20.5. The lowest BCUT2D eigenvalue weighted by Crippen LogP contribution is -2.33. The summed E-state index contributed by atoms with van der Waals surface area (Å²) in [6, 6.07) is 0. The van der Waals surface area contributed by atoms with Gasteiger partial charge in [-0.2, -0.15) is 0 Å². The highest BCUT2D eigenvalue weighted by Gasteiger charge is 2.12. The first-order chi connectivity index (χ1) is 13.4. The van der Waals surface area contributed by atoms with E-state index in [1.807, 2.05) is 0 Å². The molecule has 1 aliphatic rings. The van der Waals surface area contributed by atoms with Crippen LogP contribution in [0.25, 0.3) is 0 Å². The highest BCUT2D eigenvalue weighted by molar-refractivity contribution is 4.67. The molecule has 0 aliphatic carbocycles. The Kier molecular flexibility index (Phi) is 18.8. The minimum Gasteiger partial charge on any atom is -0.379 e. The Balaban J connectivity index is 1.64. The SMILES string of the molecule is CCCCCCCCOCCOCCOCCOCCOC1CCNCC1. The van der Waals surface area contributed by atoms with Gasteiger partial charge in [0, 0.05) is 6.61 Å². The van der Waals surface area contributed by atoms with Crippen LogP contribution < -0.4 is 5.32 Å². The van der Waals surface area contributed by atoms with Crippen molar-refractivity contribution in [2.75, 3.05) is 72.6 Å². The van der Waals surface area contributed by atoms with E-state index in [-0.39, 0.29) is 0 Å². The molecule has 0 spiro atoms. The second-order valence-electron chi connectivity index (χ2n) is 7.04. The van der Waals surface area contributed by atoms with E-state index in [1.165, 1.54) is 32.1 Å². The largest absolute Gasteiger partial charge is 0.379 e. The maximum Gasteiger partial charge on any atom is 0.0704 e. The average molecular weight is 390 g/mol. The van der Waals surface area contributed by atoms with Gasteiger partial charge in [0.1, 0.15) is 0 Å². The van der Waals surface area contributed by atoms with Crippen molar-refractivity contribution in [2.45, 2.75) is 64.4 Å². The number of ether oxygens (including phenoxy) is 5. The molecule has 0 aromatic heterocycles. The van der Waals surface area contributed by atoms with E-state index in [9.17, 15) is 0 Å². The summed E-state index contributed by atoms with van der Waals surface area (Å²) in [7, 11) is 0. The molecule has 27 heavy (non-hydrogen) atoms. The maximum absolute atomic E-state index is 5.77. The van der Waals surface area contributed by atoms with Crippen molar-refractivity contribution < 1.29 is 23.7 Å². The van der Waals surface area contributed by atoms with Crippen molar-refractivity contribution in [3.8, 4) is 0 Å². The van der Waals surface area contributed by atoms with Gasteiger partial charge in [-0.15, -0.1) is 0 Å². The van der Waals surface area contributed by atoms with Crippen molar-refractivity contribution in [3.63, 3.8) is 0 Å². The molecule has 0 bridgehead atoms. The molecule has 0 saturated carbocycles. The quantitative estimate of drug-likeness (QED) is 0.323. The first kappa shape index (κ1) is 24.8. The summed E-state index contributed by atoms with van der Waals surface area (Å²) in [6.07, 6.45) is 10.4. The standard InChI is InChI=1S/C21H43NO5/c1-2-3-4-5-6-7-12-23-13-14-24-15-16-25-17-18-26-19-20-27-21-8-10-22-11-9-21/h21-22H,2-20H2,1H3. The van der Waals surface area contributed by atoms with Gasteiger partial charge in [-0.1, -0.05) is 39.0 Å². The third kappa shape index (κ3) is 17.6. The average Bonchev–Trinajstić information content (AvgIpc) is 2.70. The van der Waals surface area contributed by atoms with E-state index >= 15 is 0 Å². The molecule has 1 aliphatic heterocycles. The van der Waals surface area contributed by atoms with Crippen molar-refractivity contribution >= 4 is 0 Å². The number of hydrogen-bond acceptors (Lipinski definition) is 6. The molecule has 0 aromatic carbocycles. The summed E-state index contributed by atoms with van der Waals surface area (Å²) in [6.45, 7) is 10.3. The summed E-state index contributed by atoms with van der Waals surface area (Å²) >= 11 is 0. The van der Waals surface area contributed by atoms with E-state index in [4.69, 9.17) is 23.7 Å². The topological polar surface area (TPSA) is 58.2 Å². The zero-order valence-corrected chi connectivity index (χ0v) is 17.6. The molecular weight excluding hydrogens is 346 g/mol. The normalized spacial score (nSPS) is 15.4. The Bertz CT molecular complexity index is 288. The Morgan fingerprint density at radius 2 is 1.07 bits per heavy atom. The van der Waals surface area contributed by atoms with Crippen LogP contribution in [-0.2, 0) is 23.7 Å². The number of hydrogen-bond donors (Lipinski definition) is 1. The van der Waals surface area contributed by atoms with E-state index in [0.29, 0.717) is 59.0 Å². The highest BCUT2D eigenvalue weighted by atomic mass is 16.6. The fourth-order valence-electron chi connectivity index (χ4n) is 2.98. The van der Waals surface area contributed by atoms with E-state index in [1.54, 1.807) is 0 Å². The number of piperidine rings is 1. The minimum atomic E-state index is 0.401. The van der Waals surface area contributed by atoms with Gasteiger partial charge in [0.25, 0.3) is 0 Å². The predicted octanol–water partition coefficient (Wildman–Crippen LogP) is 3.18. The van der Waals surface area contributed by atoms with Gasteiger partial charge in [-0.3, -0.25) is 0 Å². The summed E-state index contributed by atoms with van der Waals surface area (Å²) in [4.78, 5) is 0. The van der Waals surface area contributed by atoms with Crippen LogP contribution >= 0.6 is 0 Å².